The van der Waals surface area contributed by atoms with Crippen molar-refractivity contribution in [3.05, 3.63) is 116 Å². The van der Waals surface area contributed by atoms with Crippen LogP contribution in [0.5, 0.6) is 11.5 Å². The molecule has 2 aliphatic heterocycles. The number of hydrogen-bond donors (Lipinski definition) is 8. The number of ether oxygens (including phenoxy) is 6. The van der Waals surface area contributed by atoms with Crippen LogP contribution in [0, 0.1) is 34.3 Å². The molecule has 2 heterocycles. The highest BCUT2D eigenvalue weighted by molar-refractivity contribution is 7.89. The molecule has 6 atom stereocenters. The summed E-state index contributed by atoms with van der Waals surface area (Å²) in [4.78, 5) is 28.1. The second kappa shape index (κ2) is 34.0. The fraction of sp³-hybridized carbons (Fsp3) is 0.533. The predicted molar refractivity (Wildman–Crippen MR) is 330 cm³/mol. The topological polar surface area (TPSA) is 336 Å². The van der Waals surface area contributed by atoms with Crippen LogP contribution in [0.15, 0.2) is 70.5 Å². The minimum atomic E-state index is -4.11. The van der Waals surface area contributed by atoms with Crippen LogP contribution in [-0.4, -0.2) is 181 Å². The highest BCUT2D eigenvalue weighted by atomic mass is 35.5. The van der Waals surface area contributed by atoms with E-state index in [4.69, 9.17) is 63.1 Å². The number of likely N-dealkylation sites (tertiary alicyclic amines) is 2. The number of piperidine rings is 2. The second-order valence-corrected chi connectivity index (χ2v) is 26.6. The Labute approximate surface area is 533 Å². The quantitative estimate of drug-likeness (QED) is 0.0301. The van der Waals surface area contributed by atoms with Crippen molar-refractivity contribution in [2.24, 2.45) is 11.5 Å². The number of unbranched alkanes of at least 4 members (excludes halogenated alkanes) is 1. The van der Waals surface area contributed by atoms with Gasteiger partial charge < -0.3 is 61.2 Å². The fourth-order valence-corrected chi connectivity index (χ4v) is 14.0. The third kappa shape index (κ3) is 19.7. The van der Waals surface area contributed by atoms with Crippen molar-refractivity contribution < 1.29 is 63.6 Å². The highest BCUT2D eigenvalue weighted by Gasteiger charge is 2.43. The van der Waals surface area contributed by atoms with Crippen LogP contribution in [0.3, 0.4) is 0 Å². The van der Waals surface area contributed by atoms with Gasteiger partial charge in [0, 0.05) is 74.5 Å². The number of sulfonamides is 2. The largest absolute Gasteiger partial charge is 0.481 e. The van der Waals surface area contributed by atoms with E-state index in [-0.39, 0.29) is 137 Å². The molecule has 2 fully saturated rings. The first kappa shape index (κ1) is 69.8. The summed E-state index contributed by atoms with van der Waals surface area (Å²) in [6, 6.07) is 16.6. The Bertz CT molecular complexity index is 3210. The van der Waals surface area contributed by atoms with E-state index < -0.39 is 43.9 Å². The van der Waals surface area contributed by atoms with Crippen LogP contribution in [-0.2, 0) is 51.8 Å². The third-order valence-corrected chi connectivity index (χ3v) is 19.1. The van der Waals surface area contributed by atoms with E-state index in [0.29, 0.717) is 84.2 Å². The van der Waals surface area contributed by atoms with Crippen LogP contribution < -0.4 is 51.7 Å². The smallest absolute Gasteiger partial charge is 0.314 e. The Hall–Kier alpha value is -6.06. The fourth-order valence-electron chi connectivity index (χ4n) is 11.5. The van der Waals surface area contributed by atoms with E-state index in [1.165, 1.54) is 24.3 Å². The summed E-state index contributed by atoms with van der Waals surface area (Å²) >= 11 is 12.8. The van der Waals surface area contributed by atoms with Gasteiger partial charge in [-0.1, -0.05) is 23.2 Å². The summed E-state index contributed by atoms with van der Waals surface area (Å²) in [6.07, 6.45) is 4.38. The molecule has 90 heavy (non-hydrogen) atoms. The number of halogens is 4. The third-order valence-electron chi connectivity index (χ3n) is 15.8. The van der Waals surface area contributed by atoms with Gasteiger partial charge in [0.2, 0.25) is 20.0 Å². The van der Waals surface area contributed by atoms with Gasteiger partial charge in [-0.05, 0) is 147 Å². The maximum absolute atomic E-state index is 15.6. The number of urea groups is 2. The predicted octanol–water partition coefficient (Wildman–Crippen LogP) is 4.65. The van der Waals surface area contributed by atoms with Crippen molar-refractivity contribution in [2.75, 3.05) is 118 Å². The molecule has 30 heteroatoms. The lowest BCUT2D eigenvalue weighted by atomic mass is 10.0. The number of benzene rings is 4. The van der Waals surface area contributed by atoms with Crippen molar-refractivity contribution in [3.8, 4) is 23.6 Å². The number of nitriles is 2. The minimum Gasteiger partial charge on any atom is -0.481 e. The molecule has 4 aromatic carbocycles. The Morgan fingerprint density at radius 3 is 1.30 bits per heavy atom. The minimum absolute atomic E-state index is 0.0152. The van der Waals surface area contributed by atoms with Crippen molar-refractivity contribution in [1.82, 2.24) is 40.5 Å². The molecule has 10 N–H and O–H groups in total. The summed E-state index contributed by atoms with van der Waals surface area (Å²) in [7, 11) is -8.21. The molecular formula is C60H78Cl2F2N12O12S2. The number of amides is 4. The molecule has 0 radical (unpaired) electrons. The van der Waals surface area contributed by atoms with Gasteiger partial charge in [-0.25, -0.2) is 44.6 Å². The highest BCUT2D eigenvalue weighted by Crippen LogP contribution is 2.44. The lowest BCUT2D eigenvalue weighted by Gasteiger charge is -2.38. The zero-order valence-corrected chi connectivity index (χ0v) is 52.9. The molecule has 4 amide bonds. The summed E-state index contributed by atoms with van der Waals surface area (Å²) in [5.74, 6) is -2.03. The molecule has 2 aliphatic carbocycles. The van der Waals surface area contributed by atoms with Gasteiger partial charge in [0.05, 0.1) is 98.0 Å². The Balaban J connectivity index is 0.597. The van der Waals surface area contributed by atoms with E-state index in [1.54, 1.807) is 24.3 Å². The van der Waals surface area contributed by atoms with Crippen molar-refractivity contribution in [3.63, 3.8) is 0 Å². The van der Waals surface area contributed by atoms with E-state index in [0.717, 1.165) is 62.0 Å². The molecule has 0 aromatic heterocycles. The average molecular weight is 1330 g/mol. The zero-order valence-electron chi connectivity index (χ0n) is 49.8. The molecule has 8 rings (SSSR count). The van der Waals surface area contributed by atoms with Crippen LogP contribution in [0.25, 0.3) is 0 Å². The van der Waals surface area contributed by atoms with Gasteiger partial charge in [0.1, 0.15) is 12.2 Å². The molecule has 0 spiro atoms. The molecule has 4 aromatic rings. The number of hydrogen-bond acceptors (Lipinski definition) is 18. The number of carbonyl (C=O) groups is 2. The second-order valence-electron chi connectivity index (χ2n) is 22.2. The SMILES string of the molecule is N#Cc1cc(Cl)cc2c1C[C@H](N1CCC[C@@H](N)C1)[C@H]2Oc1ccc(S(=O)(=O)NCCOCCOCCNC(=O)NCCCCNC(=O)NCCOCCOCCNS(=O)(=O)c2ccc(O[C@H]3c4cc(Cl)cc(C#N)c4C[C@@H]3N3CCC[C@@H](N)C3)c(F)c2)cc1F. The number of rotatable bonds is 33. The summed E-state index contributed by atoms with van der Waals surface area (Å²) < 4.78 is 123. The number of nitrogens with zero attached hydrogens (tertiary/aromatic N) is 4. The zero-order chi connectivity index (χ0) is 64.2. The van der Waals surface area contributed by atoms with Crippen LogP contribution >= 0.6 is 23.2 Å². The Morgan fingerprint density at radius 2 is 0.933 bits per heavy atom. The lowest BCUT2D eigenvalue weighted by Crippen LogP contribution is -2.49. The number of fused-ring (bicyclic) bond motifs is 2. The number of carbonyl (C=O) groups excluding carboxylic acids is 2. The molecule has 490 valence electrons. The van der Waals surface area contributed by atoms with E-state index in [2.05, 4.69) is 52.6 Å². The lowest BCUT2D eigenvalue weighted by molar-refractivity contribution is 0.0516. The first-order valence-corrected chi connectivity index (χ1v) is 33.8. The van der Waals surface area contributed by atoms with Gasteiger partial charge >= 0.3 is 12.1 Å². The van der Waals surface area contributed by atoms with Crippen molar-refractivity contribution in [2.45, 2.75) is 97.5 Å². The van der Waals surface area contributed by atoms with Gasteiger partial charge in [-0.3, -0.25) is 9.80 Å². The van der Waals surface area contributed by atoms with E-state index in [1.807, 2.05) is 0 Å². The van der Waals surface area contributed by atoms with Gasteiger partial charge in [0.25, 0.3) is 0 Å². The molecule has 0 saturated carbocycles. The standard InChI is InChI=1S/C60H78Cl2F2N12O12S2/c61-41-27-39(35-65)47-33-53(75-17-3-5-43(67)37-75)57(49(47)29-41)87-55-9-7-45(31-51(55)63)89(79,80)73-15-21-85-25-23-83-19-13-71-59(77)69-11-1-2-12-70-60(78)72-14-20-84-24-26-86-22-16-74-90(81,82)46-8-10-56(52(64)32-46)88-58-50-30-42(62)28-40(36-66)48(50)34-54(58)76-18-4-6-44(68)38-76/h7-10,27-32,43-44,53-54,57-58,73-74H,1-6,11-26,33-34,37-38,67-68H2,(H2,69,71,77)(H2,70,72,78)/t43-,44-,53+,54+,57+,58+/m1/s1. The van der Waals surface area contributed by atoms with Crippen molar-refractivity contribution in [1.29, 1.82) is 10.5 Å². The van der Waals surface area contributed by atoms with Gasteiger partial charge in [-0.2, -0.15) is 10.5 Å². The molecule has 0 unspecified atom stereocenters. The van der Waals surface area contributed by atoms with Gasteiger partial charge in [0.15, 0.2) is 23.1 Å². The molecule has 4 aliphatic rings. The Morgan fingerprint density at radius 1 is 0.556 bits per heavy atom. The van der Waals surface area contributed by atoms with Crippen LogP contribution in [0.2, 0.25) is 10.0 Å². The molecule has 2 saturated heterocycles. The summed E-state index contributed by atoms with van der Waals surface area (Å²) in [5.41, 5.74) is 16.4. The van der Waals surface area contributed by atoms with Crippen LogP contribution in [0.4, 0.5) is 18.4 Å². The van der Waals surface area contributed by atoms with E-state index >= 15 is 8.78 Å². The van der Waals surface area contributed by atoms with Gasteiger partial charge in [-0.15, -0.1) is 0 Å². The average Bonchev–Trinajstić information content (AvgIpc) is 1.82. The Kier molecular flexibility index (Phi) is 26.4. The summed E-state index contributed by atoms with van der Waals surface area (Å²) in [5, 5.41) is 31.2. The molecule has 24 nitrogen and oxygen atoms in total. The first-order chi connectivity index (χ1) is 43.3. The van der Waals surface area contributed by atoms with Crippen molar-refractivity contribution >= 4 is 55.3 Å². The maximum atomic E-state index is 15.6. The first-order valence-electron chi connectivity index (χ1n) is 30.0. The number of nitrogens with two attached hydrogens (primary N) is 2. The molecule has 0 bridgehead atoms. The van der Waals surface area contributed by atoms with E-state index in [9.17, 15) is 36.9 Å². The normalized spacial score (nSPS) is 20.1. The van der Waals surface area contributed by atoms with Crippen LogP contribution in [0.1, 0.15) is 84.1 Å². The monoisotopic (exact) mass is 1330 g/mol. The molecular weight excluding hydrogens is 1250 g/mol. The summed E-state index contributed by atoms with van der Waals surface area (Å²) in [6.45, 7) is 4.90. The number of nitrogens with one attached hydrogen (secondary N) is 6. The maximum Gasteiger partial charge on any atom is 0.314 e.